The largest absolute Gasteiger partial charge is 0.393 e. The van der Waals surface area contributed by atoms with Gasteiger partial charge < -0.3 is 5.73 Å². The predicted octanol–water partition coefficient (Wildman–Crippen LogP) is 1.54. The van der Waals surface area contributed by atoms with Crippen LogP contribution in [0.15, 0.2) is 4.79 Å². The van der Waals surface area contributed by atoms with Crippen molar-refractivity contribution in [3.05, 3.63) is 16.0 Å². The third kappa shape index (κ3) is 2.00. The van der Waals surface area contributed by atoms with E-state index in [-0.39, 0.29) is 11.5 Å². The minimum Gasteiger partial charge on any atom is -0.393 e. The third-order valence-electron chi connectivity index (χ3n) is 2.15. The van der Waals surface area contributed by atoms with Crippen LogP contribution >= 0.6 is 0 Å². The monoisotopic (exact) mass is 197 g/mol. The molecule has 0 spiro atoms. The molecule has 4 heteroatoms. The van der Waals surface area contributed by atoms with Crippen LogP contribution in [-0.4, -0.2) is 9.78 Å². The fourth-order valence-electron chi connectivity index (χ4n) is 1.45. The molecule has 0 aliphatic heterocycles. The van der Waals surface area contributed by atoms with E-state index in [9.17, 15) is 4.79 Å². The van der Waals surface area contributed by atoms with E-state index in [4.69, 9.17) is 5.73 Å². The van der Waals surface area contributed by atoms with Gasteiger partial charge in [-0.2, -0.15) is 0 Å². The Kier molecular flexibility index (Phi) is 3.03. The van der Waals surface area contributed by atoms with Gasteiger partial charge in [-0.1, -0.05) is 27.7 Å². The van der Waals surface area contributed by atoms with Gasteiger partial charge in [-0.3, -0.25) is 14.6 Å². The van der Waals surface area contributed by atoms with Crippen molar-refractivity contribution in [2.75, 3.05) is 5.73 Å². The lowest BCUT2D eigenvalue weighted by Gasteiger charge is -2.05. The van der Waals surface area contributed by atoms with Crippen LogP contribution in [0, 0.1) is 5.92 Å². The second-order valence-electron chi connectivity index (χ2n) is 4.40. The third-order valence-corrected chi connectivity index (χ3v) is 2.15. The number of nitrogens with zero attached hydrogens (tertiary/aromatic N) is 1. The summed E-state index contributed by atoms with van der Waals surface area (Å²) in [5.74, 6) is 0.696. The maximum atomic E-state index is 11.6. The molecular formula is C10H19N3O. The van der Waals surface area contributed by atoms with Crippen molar-refractivity contribution in [1.82, 2.24) is 9.78 Å². The fourth-order valence-corrected chi connectivity index (χ4v) is 1.45. The lowest BCUT2D eigenvalue weighted by molar-refractivity contribution is 0.468. The molecule has 1 aromatic rings. The standard InChI is InChI=1S/C10H19N3O/c1-6(2)5-13-10(14)8(11)9(12-13)7(3)4/h6-7,12H,5,11H2,1-4H3. The molecule has 0 saturated carbocycles. The number of aromatic nitrogens is 2. The van der Waals surface area contributed by atoms with Crippen molar-refractivity contribution in [1.29, 1.82) is 0 Å². The molecule has 0 bridgehead atoms. The molecule has 3 N–H and O–H groups in total. The molecule has 0 fully saturated rings. The topological polar surface area (TPSA) is 63.8 Å². The summed E-state index contributed by atoms with van der Waals surface area (Å²) in [7, 11) is 0. The first-order chi connectivity index (χ1) is 6.43. The van der Waals surface area contributed by atoms with Gasteiger partial charge in [0.15, 0.2) is 0 Å². The fraction of sp³-hybridized carbons (Fsp3) is 0.700. The van der Waals surface area contributed by atoms with Crippen LogP contribution in [0.1, 0.15) is 39.3 Å². The zero-order valence-corrected chi connectivity index (χ0v) is 9.29. The van der Waals surface area contributed by atoms with Crippen molar-refractivity contribution in [2.24, 2.45) is 5.92 Å². The molecule has 0 aliphatic carbocycles. The summed E-state index contributed by atoms with van der Waals surface area (Å²) in [6.07, 6.45) is 0. The van der Waals surface area contributed by atoms with E-state index in [0.717, 1.165) is 5.69 Å². The summed E-state index contributed by atoms with van der Waals surface area (Å²) in [5.41, 5.74) is 6.83. The van der Waals surface area contributed by atoms with E-state index >= 15 is 0 Å². The molecule has 0 amide bonds. The predicted molar refractivity (Wildman–Crippen MR) is 58.4 cm³/mol. The van der Waals surface area contributed by atoms with Gasteiger partial charge in [0.1, 0.15) is 5.69 Å². The Hall–Kier alpha value is -1.19. The summed E-state index contributed by atoms with van der Waals surface area (Å²) in [6.45, 7) is 8.86. The normalized spacial score (nSPS) is 11.6. The van der Waals surface area contributed by atoms with Gasteiger partial charge in [0, 0.05) is 6.54 Å². The van der Waals surface area contributed by atoms with Crippen molar-refractivity contribution >= 4 is 5.69 Å². The average molecular weight is 197 g/mol. The summed E-state index contributed by atoms with van der Waals surface area (Å²) in [6, 6.07) is 0. The first-order valence-corrected chi connectivity index (χ1v) is 5.01. The van der Waals surface area contributed by atoms with Gasteiger partial charge >= 0.3 is 0 Å². The molecule has 1 rings (SSSR count). The number of nitrogens with two attached hydrogens (primary N) is 1. The van der Waals surface area contributed by atoms with Gasteiger partial charge in [0.25, 0.3) is 5.56 Å². The van der Waals surface area contributed by atoms with Crippen LogP contribution in [0.2, 0.25) is 0 Å². The highest BCUT2D eigenvalue weighted by Crippen LogP contribution is 2.15. The maximum absolute atomic E-state index is 11.6. The second-order valence-corrected chi connectivity index (χ2v) is 4.40. The zero-order valence-electron chi connectivity index (χ0n) is 9.29. The van der Waals surface area contributed by atoms with Gasteiger partial charge in [0.05, 0.1) is 5.69 Å². The van der Waals surface area contributed by atoms with Crippen molar-refractivity contribution < 1.29 is 0 Å². The molecule has 80 valence electrons. The van der Waals surface area contributed by atoms with Gasteiger partial charge in [-0.25, -0.2) is 0 Å². The first-order valence-electron chi connectivity index (χ1n) is 5.01. The highest BCUT2D eigenvalue weighted by atomic mass is 16.1. The molecule has 0 aliphatic rings. The molecule has 1 aromatic heterocycles. The number of aromatic amines is 1. The second kappa shape index (κ2) is 3.90. The molecule has 0 aromatic carbocycles. The molecule has 0 atom stereocenters. The zero-order chi connectivity index (χ0) is 10.9. The number of rotatable bonds is 3. The van der Waals surface area contributed by atoms with Gasteiger partial charge in [-0.15, -0.1) is 0 Å². The van der Waals surface area contributed by atoms with Crippen LogP contribution < -0.4 is 11.3 Å². The number of anilines is 1. The molecule has 14 heavy (non-hydrogen) atoms. The Labute approximate surface area is 84.1 Å². The van der Waals surface area contributed by atoms with Crippen LogP contribution in [-0.2, 0) is 6.54 Å². The van der Waals surface area contributed by atoms with Crippen molar-refractivity contribution in [3.63, 3.8) is 0 Å². The van der Waals surface area contributed by atoms with E-state index in [1.54, 1.807) is 4.68 Å². The number of H-pyrrole nitrogens is 1. The van der Waals surface area contributed by atoms with E-state index in [0.29, 0.717) is 18.2 Å². The summed E-state index contributed by atoms with van der Waals surface area (Å²) in [5, 5.41) is 3.06. The minimum atomic E-state index is -0.0950. The van der Waals surface area contributed by atoms with E-state index in [2.05, 4.69) is 18.9 Å². The average Bonchev–Trinajstić information content (AvgIpc) is 2.32. The van der Waals surface area contributed by atoms with Crippen LogP contribution in [0.3, 0.4) is 0 Å². The van der Waals surface area contributed by atoms with Gasteiger partial charge in [-0.05, 0) is 11.8 Å². The number of hydrogen-bond donors (Lipinski definition) is 2. The molecule has 0 saturated heterocycles. The highest BCUT2D eigenvalue weighted by Gasteiger charge is 2.13. The van der Waals surface area contributed by atoms with Crippen LogP contribution in [0.5, 0.6) is 0 Å². The number of nitrogen functional groups attached to an aromatic ring is 1. The van der Waals surface area contributed by atoms with Gasteiger partial charge in [0.2, 0.25) is 0 Å². The molecular weight excluding hydrogens is 178 g/mol. The summed E-state index contributed by atoms with van der Waals surface area (Å²) < 4.78 is 1.59. The minimum absolute atomic E-state index is 0.0950. The van der Waals surface area contributed by atoms with E-state index < -0.39 is 0 Å². The molecule has 0 unspecified atom stereocenters. The van der Waals surface area contributed by atoms with Crippen LogP contribution in [0.4, 0.5) is 5.69 Å². The van der Waals surface area contributed by atoms with Crippen LogP contribution in [0.25, 0.3) is 0 Å². The smallest absolute Gasteiger partial charge is 0.289 e. The molecule has 1 heterocycles. The quantitative estimate of drug-likeness (QED) is 0.772. The number of nitrogens with one attached hydrogen (secondary N) is 1. The summed E-state index contributed by atoms with van der Waals surface area (Å²) in [4.78, 5) is 11.6. The lowest BCUT2D eigenvalue weighted by Crippen LogP contribution is -2.20. The van der Waals surface area contributed by atoms with Crippen molar-refractivity contribution in [3.8, 4) is 0 Å². The SMILES string of the molecule is CC(C)Cn1[nH]c(C(C)C)c(N)c1=O. The molecule has 4 nitrogen and oxygen atoms in total. The first kappa shape index (κ1) is 10.9. The Balaban J connectivity index is 3.09. The lowest BCUT2D eigenvalue weighted by atomic mass is 10.1. The Morgan fingerprint density at radius 2 is 1.93 bits per heavy atom. The Morgan fingerprint density at radius 1 is 1.36 bits per heavy atom. The molecule has 0 radical (unpaired) electrons. The maximum Gasteiger partial charge on any atom is 0.289 e. The van der Waals surface area contributed by atoms with Crippen molar-refractivity contribution in [2.45, 2.75) is 40.2 Å². The number of hydrogen-bond acceptors (Lipinski definition) is 2. The van der Waals surface area contributed by atoms with E-state index in [1.165, 1.54) is 0 Å². The van der Waals surface area contributed by atoms with E-state index in [1.807, 2.05) is 13.8 Å². The summed E-state index contributed by atoms with van der Waals surface area (Å²) >= 11 is 0. The Bertz CT molecular complexity index is 360. The highest BCUT2D eigenvalue weighted by molar-refractivity contribution is 5.42. The Morgan fingerprint density at radius 3 is 2.29 bits per heavy atom.